The lowest BCUT2D eigenvalue weighted by molar-refractivity contribution is -0.137. The van der Waals surface area contributed by atoms with E-state index in [0.29, 0.717) is 16.2 Å². The molecule has 38 heavy (non-hydrogen) atoms. The van der Waals surface area contributed by atoms with Crippen LogP contribution in [0.4, 0.5) is 13.2 Å². The van der Waals surface area contributed by atoms with Crippen molar-refractivity contribution in [3.05, 3.63) is 87.3 Å². The Balaban J connectivity index is 1.93. The quantitative estimate of drug-likeness (QED) is 0.323. The number of pyridine rings is 1. The molecule has 0 radical (unpaired) electrons. The molecule has 3 rings (SSSR count). The van der Waals surface area contributed by atoms with Crippen LogP contribution in [0.2, 0.25) is 0 Å². The maximum absolute atomic E-state index is 13.4. The van der Waals surface area contributed by atoms with E-state index < -0.39 is 32.8 Å². The molecule has 3 aromatic rings. The summed E-state index contributed by atoms with van der Waals surface area (Å²) in [7, 11) is -2.85. The van der Waals surface area contributed by atoms with Crippen molar-refractivity contribution in [2.75, 3.05) is 6.54 Å². The first-order valence-corrected chi connectivity index (χ1v) is 13.3. The van der Waals surface area contributed by atoms with Crippen LogP contribution in [0.1, 0.15) is 47.1 Å². The Labute approximate surface area is 219 Å². The molecule has 0 bridgehead atoms. The Hall–Kier alpha value is -3.88. The normalized spacial score (nSPS) is 13.1. The van der Waals surface area contributed by atoms with Gasteiger partial charge in [-0.05, 0) is 62.0 Å². The van der Waals surface area contributed by atoms with Crippen molar-refractivity contribution < 1.29 is 22.2 Å². The third-order valence-electron chi connectivity index (χ3n) is 5.91. The van der Waals surface area contributed by atoms with Gasteiger partial charge in [-0.1, -0.05) is 24.3 Å². The zero-order chi connectivity index (χ0) is 28.3. The van der Waals surface area contributed by atoms with Gasteiger partial charge in [0.05, 0.1) is 27.9 Å². The number of carbonyl (C=O) groups excluding carboxylic acids is 1. The predicted molar refractivity (Wildman–Crippen MR) is 141 cm³/mol. The van der Waals surface area contributed by atoms with Gasteiger partial charge in [-0.15, -0.1) is 0 Å². The van der Waals surface area contributed by atoms with E-state index in [9.17, 15) is 27.0 Å². The van der Waals surface area contributed by atoms with E-state index in [1.165, 1.54) is 18.3 Å². The van der Waals surface area contributed by atoms with Crippen molar-refractivity contribution in [2.24, 2.45) is 0 Å². The number of nitriles is 1. The van der Waals surface area contributed by atoms with E-state index in [4.69, 9.17) is 5.26 Å². The molecule has 1 atom stereocenters. The molecule has 1 amide bonds. The summed E-state index contributed by atoms with van der Waals surface area (Å²) in [6, 6.07) is 12.5. The number of halogens is 3. The minimum absolute atomic E-state index is 0.0249. The van der Waals surface area contributed by atoms with Crippen molar-refractivity contribution in [2.45, 2.75) is 44.4 Å². The summed E-state index contributed by atoms with van der Waals surface area (Å²) in [6.45, 7) is 5.21. The van der Waals surface area contributed by atoms with Crippen LogP contribution in [0.15, 0.2) is 64.4 Å². The van der Waals surface area contributed by atoms with Crippen LogP contribution in [-0.2, 0) is 22.4 Å². The van der Waals surface area contributed by atoms with Gasteiger partial charge in [0, 0.05) is 34.9 Å². The number of alkyl halides is 3. The lowest BCUT2D eigenvalue weighted by Crippen LogP contribution is -2.31. The highest BCUT2D eigenvalue weighted by Gasteiger charge is 2.31. The van der Waals surface area contributed by atoms with Crippen LogP contribution in [0.5, 0.6) is 0 Å². The third-order valence-corrected chi connectivity index (χ3v) is 7.55. The molecule has 2 N–H and O–H groups in total. The minimum atomic E-state index is -4.58. The topological polar surface area (TPSA) is 104 Å². The van der Waals surface area contributed by atoms with Crippen LogP contribution >= 0.6 is 0 Å². The van der Waals surface area contributed by atoms with E-state index in [1.807, 2.05) is 19.9 Å². The second-order valence-electron chi connectivity index (χ2n) is 8.89. The molecule has 1 heterocycles. The molecule has 1 aromatic heterocycles. The molecule has 200 valence electrons. The van der Waals surface area contributed by atoms with Gasteiger partial charge in [-0.25, -0.2) is 8.93 Å². The molecule has 0 spiro atoms. The number of nitrogens with zero attached hydrogens (tertiary/aromatic N) is 2. The van der Waals surface area contributed by atoms with Gasteiger partial charge < -0.3 is 9.88 Å². The van der Waals surface area contributed by atoms with Crippen LogP contribution in [-0.4, -0.2) is 27.1 Å². The van der Waals surface area contributed by atoms with E-state index in [0.717, 1.165) is 12.1 Å². The van der Waals surface area contributed by atoms with Gasteiger partial charge in [-0.2, -0.15) is 18.4 Å². The fourth-order valence-electron chi connectivity index (χ4n) is 3.95. The fraction of sp³-hybridized carbons (Fsp3) is 0.259. The van der Waals surface area contributed by atoms with E-state index in [2.05, 4.69) is 15.9 Å². The smallest absolute Gasteiger partial charge is 0.348 e. The van der Waals surface area contributed by atoms with E-state index in [1.54, 1.807) is 35.8 Å². The molecule has 0 fully saturated rings. The Morgan fingerprint density at radius 2 is 1.84 bits per heavy atom. The van der Waals surface area contributed by atoms with Crippen molar-refractivity contribution in [3.8, 4) is 17.2 Å². The van der Waals surface area contributed by atoms with E-state index >= 15 is 0 Å². The van der Waals surface area contributed by atoms with Gasteiger partial charge in [0.25, 0.3) is 5.91 Å². The van der Waals surface area contributed by atoms with E-state index in [-0.39, 0.29) is 35.8 Å². The summed E-state index contributed by atoms with van der Waals surface area (Å²) < 4.78 is 56.8. The maximum Gasteiger partial charge on any atom is 0.416 e. The first kappa shape index (κ1) is 28.7. The van der Waals surface area contributed by atoms with Gasteiger partial charge in [-0.3, -0.25) is 9.59 Å². The summed E-state index contributed by atoms with van der Waals surface area (Å²) in [6.07, 6.45) is -3.17. The molecule has 11 heteroatoms. The highest BCUT2D eigenvalue weighted by atomic mass is 32.2. The summed E-state index contributed by atoms with van der Waals surface area (Å²) in [5.41, 5.74) is -0.579. The SMILES string of the molecule is C=S(=O)(NCC#N)c1ccc(CNC(=O)c2cn(C(C)C)c(C)c(-c3cccc(C(F)(F)F)c3)c2=O)cc1. The molecular formula is C27H27F3N4O3S. The Morgan fingerprint density at radius 1 is 1.18 bits per heavy atom. The number of rotatable bonds is 8. The summed E-state index contributed by atoms with van der Waals surface area (Å²) >= 11 is 0. The zero-order valence-electron chi connectivity index (χ0n) is 21.1. The number of hydrogen-bond acceptors (Lipinski definition) is 4. The monoisotopic (exact) mass is 544 g/mol. The number of benzene rings is 2. The average Bonchev–Trinajstić information content (AvgIpc) is 2.86. The summed E-state index contributed by atoms with van der Waals surface area (Å²) in [4.78, 5) is 26.9. The number of aromatic nitrogens is 1. The maximum atomic E-state index is 13.4. The molecule has 0 aliphatic heterocycles. The van der Waals surface area contributed by atoms with Crippen molar-refractivity contribution in [1.29, 1.82) is 5.26 Å². The summed E-state index contributed by atoms with van der Waals surface area (Å²) in [5, 5.41) is 11.3. The molecule has 0 saturated carbocycles. The van der Waals surface area contributed by atoms with Crippen LogP contribution in [0.3, 0.4) is 0 Å². The number of hydrogen-bond donors (Lipinski definition) is 2. The lowest BCUT2D eigenvalue weighted by Gasteiger charge is -2.20. The Kier molecular flexibility index (Phi) is 8.49. The average molecular weight is 545 g/mol. The van der Waals surface area contributed by atoms with Crippen LogP contribution in [0, 0.1) is 18.3 Å². The molecule has 0 aliphatic rings. The molecule has 7 nitrogen and oxygen atoms in total. The Morgan fingerprint density at radius 3 is 2.42 bits per heavy atom. The zero-order valence-corrected chi connectivity index (χ0v) is 21.9. The molecule has 1 unspecified atom stereocenters. The number of nitrogens with one attached hydrogen (secondary N) is 2. The van der Waals surface area contributed by atoms with Crippen molar-refractivity contribution in [3.63, 3.8) is 0 Å². The number of carbonyl (C=O) groups is 1. The van der Waals surface area contributed by atoms with Gasteiger partial charge in [0.15, 0.2) is 0 Å². The first-order valence-electron chi connectivity index (χ1n) is 11.6. The van der Waals surface area contributed by atoms with Crippen molar-refractivity contribution >= 4 is 21.5 Å². The van der Waals surface area contributed by atoms with Crippen LogP contribution < -0.4 is 15.5 Å². The first-order chi connectivity index (χ1) is 17.8. The molecule has 2 aromatic carbocycles. The second kappa shape index (κ2) is 11.2. The fourth-order valence-corrected chi connectivity index (χ4v) is 4.99. The standard InChI is InChI=1S/C27H27F3N4O3S/c1-17(2)34-16-23(25(35)24(18(34)3)20-6-5-7-21(14-20)27(28,29)30)26(36)32-15-19-8-10-22(11-9-19)38(4,37)33-13-12-31/h5-11,14,16-17H,4,13,15H2,1-3H3,(H,32,36)(H,33,37). The highest BCUT2D eigenvalue weighted by molar-refractivity contribution is 7.98. The second-order valence-corrected chi connectivity index (χ2v) is 11.0. The van der Waals surface area contributed by atoms with Gasteiger partial charge in [0.1, 0.15) is 5.56 Å². The minimum Gasteiger partial charge on any atom is -0.348 e. The largest absolute Gasteiger partial charge is 0.416 e. The molecule has 0 saturated heterocycles. The Bertz CT molecular complexity index is 1550. The van der Waals surface area contributed by atoms with Gasteiger partial charge >= 0.3 is 6.18 Å². The van der Waals surface area contributed by atoms with Crippen LogP contribution in [0.25, 0.3) is 11.1 Å². The third kappa shape index (κ3) is 6.33. The molecular weight excluding hydrogens is 517 g/mol. The lowest BCUT2D eigenvalue weighted by atomic mass is 9.98. The van der Waals surface area contributed by atoms with Crippen molar-refractivity contribution in [1.82, 2.24) is 14.6 Å². The van der Waals surface area contributed by atoms with Gasteiger partial charge in [0.2, 0.25) is 5.43 Å². The number of amides is 1. The predicted octanol–water partition coefficient (Wildman–Crippen LogP) is 4.46. The summed E-state index contributed by atoms with van der Waals surface area (Å²) in [5.74, 6) is 2.93. The molecule has 0 aliphatic carbocycles. The highest BCUT2D eigenvalue weighted by Crippen LogP contribution is 2.32.